The quantitative estimate of drug-likeness (QED) is 0.656. The summed E-state index contributed by atoms with van der Waals surface area (Å²) in [7, 11) is 0. The molecule has 2 atom stereocenters. The van der Waals surface area contributed by atoms with Crippen LogP contribution in [-0.4, -0.2) is 29.5 Å². The number of benzene rings is 1. The number of amides is 1. The Morgan fingerprint density at radius 3 is 2.90 bits per heavy atom. The van der Waals surface area contributed by atoms with Crippen LogP contribution in [0.3, 0.4) is 0 Å². The van der Waals surface area contributed by atoms with Crippen molar-refractivity contribution in [3.8, 4) is 0 Å². The Balaban J connectivity index is 2.15. The standard InChI is InChI=1S/C15H21N3O3/c1-3-11-6-7-12(9-14(11)18(20)21)15(19)17-13-5-4-8-16-10(13)2/h6-7,9-10,13,16H,3-5,8H2,1-2H3,(H,17,19). The van der Waals surface area contributed by atoms with Crippen molar-refractivity contribution in [1.82, 2.24) is 10.6 Å². The fraction of sp³-hybridized carbons (Fsp3) is 0.533. The lowest BCUT2D eigenvalue weighted by molar-refractivity contribution is -0.385. The number of aryl methyl sites for hydroxylation is 1. The molecule has 6 nitrogen and oxygen atoms in total. The van der Waals surface area contributed by atoms with Gasteiger partial charge in [0.1, 0.15) is 0 Å². The molecule has 1 fully saturated rings. The average molecular weight is 291 g/mol. The van der Waals surface area contributed by atoms with Gasteiger partial charge in [0.15, 0.2) is 0 Å². The van der Waals surface area contributed by atoms with E-state index in [0.29, 0.717) is 17.5 Å². The maximum absolute atomic E-state index is 12.3. The van der Waals surface area contributed by atoms with Crippen molar-refractivity contribution in [1.29, 1.82) is 0 Å². The van der Waals surface area contributed by atoms with E-state index in [1.807, 2.05) is 13.8 Å². The molecule has 1 saturated heterocycles. The van der Waals surface area contributed by atoms with E-state index < -0.39 is 4.92 Å². The van der Waals surface area contributed by atoms with E-state index in [9.17, 15) is 14.9 Å². The van der Waals surface area contributed by atoms with Crippen LogP contribution in [0.15, 0.2) is 18.2 Å². The number of rotatable bonds is 4. The van der Waals surface area contributed by atoms with Gasteiger partial charge in [-0.25, -0.2) is 0 Å². The van der Waals surface area contributed by atoms with Gasteiger partial charge in [-0.2, -0.15) is 0 Å². The average Bonchev–Trinajstić information content (AvgIpc) is 2.48. The van der Waals surface area contributed by atoms with Gasteiger partial charge in [0.25, 0.3) is 11.6 Å². The second-order valence-corrected chi connectivity index (χ2v) is 5.42. The molecule has 1 aliphatic heterocycles. The number of nitrogens with one attached hydrogen (secondary N) is 2. The van der Waals surface area contributed by atoms with E-state index in [1.54, 1.807) is 12.1 Å². The molecule has 1 aromatic carbocycles. The fourth-order valence-corrected chi connectivity index (χ4v) is 2.67. The molecular weight excluding hydrogens is 270 g/mol. The van der Waals surface area contributed by atoms with Gasteiger partial charge >= 0.3 is 0 Å². The minimum absolute atomic E-state index is 0.0139. The maximum atomic E-state index is 12.3. The van der Waals surface area contributed by atoms with Gasteiger partial charge in [-0.05, 0) is 38.8 Å². The minimum Gasteiger partial charge on any atom is -0.348 e. The molecule has 1 aromatic rings. The zero-order valence-electron chi connectivity index (χ0n) is 12.4. The second kappa shape index (κ2) is 6.67. The van der Waals surface area contributed by atoms with Crippen molar-refractivity contribution in [3.63, 3.8) is 0 Å². The van der Waals surface area contributed by atoms with Crippen molar-refractivity contribution in [2.75, 3.05) is 6.54 Å². The zero-order valence-corrected chi connectivity index (χ0v) is 12.4. The van der Waals surface area contributed by atoms with Crippen molar-refractivity contribution >= 4 is 11.6 Å². The van der Waals surface area contributed by atoms with Crippen molar-refractivity contribution < 1.29 is 9.72 Å². The molecule has 0 aromatic heterocycles. The van der Waals surface area contributed by atoms with Crippen LogP contribution < -0.4 is 10.6 Å². The molecule has 0 bridgehead atoms. The van der Waals surface area contributed by atoms with Gasteiger partial charge in [0.2, 0.25) is 0 Å². The van der Waals surface area contributed by atoms with Gasteiger partial charge in [0.05, 0.1) is 4.92 Å². The first-order valence-electron chi connectivity index (χ1n) is 7.34. The third kappa shape index (κ3) is 3.58. The smallest absolute Gasteiger partial charge is 0.273 e. The van der Waals surface area contributed by atoms with Gasteiger partial charge in [-0.1, -0.05) is 13.0 Å². The van der Waals surface area contributed by atoms with Crippen LogP contribution in [0, 0.1) is 10.1 Å². The number of hydrogen-bond donors (Lipinski definition) is 2. The van der Waals surface area contributed by atoms with Crippen LogP contribution in [0.1, 0.15) is 42.6 Å². The summed E-state index contributed by atoms with van der Waals surface area (Å²) in [6.07, 6.45) is 2.51. The van der Waals surface area contributed by atoms with Gasteiger partial charge < -0.3 is 10.6 Å². The number of nitro benzene ring substituents is 1. The van der Waals surface area contributed by atoms with Gasteiger partial charge in [0, 0.05) is 29.3 Å². The Morgan fingerprint density at radius 1 is 1.52 bits per heavy atom. The lowest BCUT2D eigenvalue weighted by Crippen LogP contribution is -2.51. The lowest BCUT2D eigenvalue weighted by atomic mass is 9.99. The van der Waals surface area contributed by atoms with Crippen LogP contribution in [-0.2, 0) is 6.42 Å². The number of nitrogens with zero attached hydrogens (tertiary/aromatic N) is 1. The summed E-state index contributed by atoms with van der Waals surface area (Å²) in [6.45, 7) is 4.86. The Bertz CT molecular complexity index is 545. The van der Waals surface area contributed by atoms with E-state index in [1.165, 1.54) is 6.07 Å². The van der Waals surface area contributed by atoms with Crippen LogP contribution >= 0.6 is 0 Å². The van der Waals surface area contributed by atoms with Crippen LogP contribution in [0.4, 0.5) is 5.69 Å². The van der Waals surface area contributed by atoms with Crippen molar-refractivity contribution in [2.24, 2.45) is 0 Å². The second-order valence-electron chi connectivity index (χ2n) is 5.42. The summed E-state index contributed by atoms with van der Waals surface area (Å²) in [5.41, 5.74) is 1.00. The third-order valence-electron chi connectivity index (χ3n) is 4.00. The molecule has 0 radical (unpaired) electrons. The van der Waals surface area contributed by atoms with Crippen LogP contribution in [0.25, 0.3) is 0 Å². The molecule has 1 amide bonds. The molecule has 2 unspecified atom stereocenters. The fourth-order valence-electron chi connectivity index (χ4n) is 2.67. The molecule has 21 heavy (non-hydrogen) atoms. The number of piperidine rings is 1. The Kier molecular flexibility index (Phi) is 4.90. The molecule has 0 aliphatic carbocycles. The van der Waals surface area contributed by atoms with Crippen molar-refractivity contribution in [3.05, 3.63) is 39.4 Å². The van der Waals surface area contributed by atoms with E-state index in [-0.39, 0.29) is 23.7 Å². The first-order chi connectivity index (χ1) is 10.0. The highest BCUT2D eigenvalue weighted by Crippen LogP contribution is 2.21. The van der Waals surface area contributed by atoms with E-state index in [0.717, 1.165) is 19.4 Å². The topological polar surface area (TPSA) is 84.3 Å². The zero-order chi connectivity index (χ0) is 15.4. The Hall–Kier alpha value is -1.95. The summed E-state index contributed by atoms with van der Waals surface area (Å²) in [6, 6.07) is 4.97. The third-order valence-corrected chi connectivity index (χ3v) is 4.00. The predicted octanol–water partition coefficient (Wildman–Crippen LogP) is 2.03. The Morgan fingerprint density at radius 2 is 2.29 bits per heavy atom. The summed E-state index contributed by atoms with van der Waals surface area (Å²) < 4.78 is 0. The van der Waals surface area contributed by atoms with Crippen LogP contribution in [0.2, 0.25) is 0 Å². The lowest BCUT2D eigenvalue weighted by Gasteiger charge is -2.30. The largest absolute Gasteiger partial charge is 0.348 e. The number of hydrogen-bond acceptors (Lipinski definition) is 4. The van der Waals surface area contributed by atoms with Crippen molar-refractivity contribution in [2.45, 2.75) is 45.2 Å². The van der Waals surface area contributed by atoms with Gasteiger partial charge in [-0.3, -0.25) is 14.9 Å². The summed E-state index contributed by atoms with van der Waals surface area (Å²) in [5.74, 6) is -0.249. The summed E-state index contributed by atoms with van der Waals surface area (Å²) in [4.78, 5) is 22.9. The number of nitro groups is 1. The van der Waals surface area contributed by atoms with Gasteiger partial charge in [-0.15, -0.1) is 0 Å². The minimum atomic E-state index is -0.430. The monoisotopic (exact) mass is 291 g/mol. The molecule has 114 valence electrons. The van der Waals surface area contributed by atoms with E-state index >= 15 is 0 Å². The highest BCUT2D eigenvalue weighted by molar-refractivity contribution is 5.95. The predicted molar refractivity (Wildman–Crippen MR) is 80.4 cm³/mol. The number of carbonyl (C=O) groups is 1. The number of carbonyl (C=O) groups excluding carboxylic acids is 1. The molecule has 0 saturated carbocycles. The van der Waals surface area contributed by atoms with Crippen LogP contribution in [0.5, 0.6) is 0 Å². The van der Waals surface area contributed by atoms with E-state index in [4.69, 9.17) is 0 Å². The highest BCUT2D eigenvalue weighted by Gasteiger charge is 2.24. The molecular formula is C15H21N3O3. The molecule has 6 heteroatoms. The summed E-state index contributed by atoms with van der Waals surface area (Å²) >= 11 is 0. The first-order valence-corrected chi connectivity index (χ1v) is 7.34. The Labute approximate surface area is 124 Å². The summed E-state index contributed by atoms with van der Waals surface area (Å²) in [5, 5.41) is 17.3. The molecule has 0 spiro atoms. The highest BCUT2D eigenvalue weighted by atomic mass is 16.6. The normalized spacial score (nSPS) is 21.8. The SMILES string of the molecule is CCc1ccc(C(=O)NC2CCCNC2C)cc1[N+](=O)[O-]. The molecule has 1 aliphatic rings. The van der Waals surface area contributed by atoms with E-state index in [2.05, 4.69) is 10.6 Å². The maximum Gasteiger partial charge on any atom is 0.273 e. The molecule has 2 rings (SSSR count). The molecule has 1 heterocycles. The first kappa shape index (κ1) is 15.4. The molecule has 2 N–H and O–H groups in total.